The molecule has 0 aliphatic carbocycles. The predicted octanol–water partition coefficient (Wildman–Crippen LogP) is 0.798. The van der Waals surface area contributed by atoms with Gasteiger partial charge in [-0.05, 0) is 19.0 Å². The summed E-state index contributed by atoms with van der Waals surface area (Å²) in [5, 5.41) is 51.4. The Morgan fingerprint density at radius 1 is 0.966 bits per heavy atom. The number of aliphatic hydroxyl groups excluding tert-OH is 5. The summed E-state index contributed by atoms with van der Waals surface area (Å²) >= 11 is 0. The molecule has 0 bridgehead atoms. The number of unbranched alkanes of at least 4 members (excludes halogenated alkanes) is 8. The second-order valence-corrected chi connectivity index (χ2v) is 7.76. The first-order chi connectivity index (χ1) is 14.0. The summed E-state index contributed by atoms with van der Waals surface area (Å²) < 4.78 is 10.5. The number of ether oxygens (including phenoxy) is 2. The molecule has 29 heavy (non-hydrogen) atoms. The quantitative estimate of drug-likeness (QED) is 0.203. The summed E-state index contributed by atoms with van der Waals surface area (Å²) in [5.41, 5.74) is 0. The molecular formula is C21H41NO7. The molecule has 6 atom stereocenters. The van der Waals surface area contributed by atoms with Crippen LogP contribution in [0.5, 0.6) is 0 Å². The van der Waals surface area contributed by atoms with Gasteiger partial charge in [-0.1, -0.05) is 57.9 Å². The van der Waals surface area contributed by atoms with Crippen LogP contribution < -0.4 is 5.32 Å². The first-order valence-electron chi connectivity index (χ1n) is 11.0. The van der Waals surface area contributed by atoms with Gasteiger partial charge in [-0.25, -0.2) is 0 Å². The van der Waals surface area contributed by atoms with Gasteiger partial charge in [0.2, 0.25) is 0 Å². The van der Waals surface area contributed by atoms with Crippen LogP contribution in [0.1, 0.15) is 64.7 Å². The smallest absolute Gasteiger partial charge is 0.186 e. The molecule has 1 saturated heterocycles. The van der Waals surface area contributed by atoms with E-state index in [2.05, 4.69) is 12.2 Å². The molecule has 0 amide bonds. The van der Waals surface area contributed by atoms with Crippen molar-refractivity contribution in [3.8, 4) is 0 Å². The average molecular weight is 420 g/mol. The van der Waals surface area contributed by atoms with E-state index in [9.17, 15) is 20.4 Å². The fourth-order valence-electron chi connectivity index (χ4n) is 3.24. The van der Waals surface area contributed by atoms with Crippen molar-refractivity contribution in [3.05, 3.63) is 12.3 Å². The van der Waals surface area contributed by atoms with Gasteiger partial charge in [0, 0.05) is 6.54 Å². The summed E-state index contributed by atoms with van der Waals surface area (Å²) in [6, 6.07) is 0. The van der Waals surface area contributed by atoms with E-state index in [1.807, 2.05) is 12.3 Å². The highest BCUT2D eigenvalue weighted by Crippen LogP contribution is 2.22. The Kier molecular flexibility index (Phi) is 14.5. The van der Waals surface area contributed by atoms with Crippen molar-refractivity contribution in [3.63, 3.8) is 0 Å². The molecule has 6 N–H and O–H groups in total. The Morgan fingerprint density at radius 2 is 1.62 bits per heavy atom. The number of hydrogen-bond acceptors (Lipinski definition) is 8. The molecule has 8 heteroatoms. The Hall–Kier alpha value is -0.740. The molecule has 0 aromatic heterocycles. The van der Waals surface area contributed by atoms with E-state index in [-0.39, 0.29) is 13.2 Å². The average Bonchev–Trinajstić information content (AvgIpc) is 2.72. The zero-order valence-electron chi connectivity index (χ0n) is 17.7. The number of nitrogens with one attached hydrogen (secondary N) is 1. The lowest BCUT2D eigenvalue weighted by atomic mass is 9.99. The third-order valence-corrected chi connectivity index (χ3v) is 5.11. The van der Waals surface area contributed by atoms with Crippen molar-refractivity contribution in [2.75, 3.05) is 19.8 Å². The van der Waals surface area contributed by atoms with E-state index in [4.69, 9.17) is 14.6 Å². The van der Waals surface area contributed by atoms with Crippen molar-refractivity contribution in [2.45, 2.75) is 102 Å². The van der Waals surface area contributed by atoms with E-state index >= 15 is 0 Å². The van der Waals surface area contributed by atoms with E-state index in [1.165, 1.54) is 44.9 Å². The molecule has 0 aromatic rings. The van der Waals surface area contributed by atoms with Gasteiger partial charge in [0.05, 0.1) is 19.3 Å². The SMILES string of the molecule is CCCCCCCCCCC=CNCC(O)CO[C@@H]1O[C@H](CO)[C@H](O)[C@H](O)[C@H]1O. The monoisotopic (exact) mass is 419 g/mol. The van der Waals surface area contributed by atoms with Crippen LogP contribution in [0.25, 0.3) is 0 Å². The number of hydrogen-bond donors (Lipinski definition) is 6. The topological polar surface area (TPSA) is 132 Å². The van der Waals surface area contributed by atoms with Gasteiger partial charge in [-0.2, -0.15) is 0 Å². The van der Waals surface area contributed by atoms with Crippen molar-refractivity contribution in [2.24, 2.45) is 0 Å². The largest absolute Gasteiger partial charge is 0.394 e. The van der Waals surface area contributed by atoms with Gasteiger partial charge in [0.15, 0.2) is 6.29 Å². The fraction of sp³-hybridized carbons (Fsp3) is 0.905. The van der Waals surface area contributed by atoms with Crippen LogP contribution in [-0.2, 0) is 9.47 Å². The molecule has 1 heterocycles. The van der Waals surface area contributed by atoms with Crippen LogP contribution in [-0.4, -0.2) is 82.1 Å². The highest BCUT2D eigenvalue weighted by Gasteiger charge is 2.44. The molecule has 172 valence electrons. The highest BCUT2D eigenvalue weighted by molar-refractivity contribution is 4.89. The summed E-state index contributed by atoms with van der Waals surface area (Å²) in [6.07, 6.45) is 7.74. The molecule has 1 unspecified atom stereocenters. The fourth-order valence-corrected chi connectivity index (χ4v) is 3.24. The highest BCUT2D eigenvalue weighted by atomic mass is 16.7. The molecule has 0 radical (unpaired) electrons. The van der Waals surface area contributed by atoms with E-state index < -0.39 is 43.4 Å². The third-order valence-electron chi connectivity index (χ3n) is 5.11. The van der Waals surface area contributed by atoms with Crippen molar-refractivity contribution >= 4 is 0 Å². The minimum absolute atomic E-state index is 0.123. The van der Waals surface area contributed by atoms with Crippen molar-refractivity contribution in [1.82, 2.24) is 5.32 Å². The zero-order valence-corrected chi connectivity index (χ0v) is 17.7. The summed E-state index contributed by atoms with van der Waals surface area (Å²) in [5.74, 6) is 0. The number of allylic oxidation sites excluding steroid dienone is 1. The maximum Gasteiger partial charge on any atom is 0.186 e. The molecule has 1 rings (SSSR count). The van der Waals surface area contributed by atoms with Gasteiger partial charge >= 0.3 is 0 Å². The van der Waals surface area contributed by atoms with Crippen molar-refractivity contribution in [1.29, 1.82) is 0 Å². The standard InChI is InChI=1S/C21H41NO7/c1-2-3-4-5-6-7-8-9-10-11-12-22-13-16(24)15-28-21-20(27)19(26)18(25)17(14-23)29-21/h11-12,16-27H,2-10,13-15H2,1H3/t16?,17-,18+,19+,20-,21-/m1/s1. The lowest BCUT2D eigenvalue weighted by molar-refractivity contribution is -0.304. The van der Waals surface area contributed by atoms with Gasteiger partial charge in [-0.15, -0.1) is 0 Å². The maximum atomic E-state index is 9.95. The molecule has 1 fully saturated rings. The zero-order chi connectivity index (χ0) is 21.5. The molecule has 8 nitrogen and oxygen atoms in total. The molecule has 1 aliphatic heterocycles. The number of rotatable bonds is 16. The molecule has 0 saturated carbocycles. The molecular weight excluding hydrogens is 378 g/mol. The Morgan fingerprint density at radius 3 is 2.28 bits per heavy atom. The predicted molar refractivity (Wildman–Crippen MR) is 110 cm³/mol. The van der Waals surface area contributed by atoms with E-state index in [1.54, 1.807) is 0 Å². The lowest BCUT2D eigenvalue weighted by Crippen LogP contribution is -2.59. The first kappa shape index (κ1) is 26.3. The Bertz CT molecular complexity index is 422. The summed E-state index contributed by atoms with van der Waals surface area (Å²) in [7, 11) is 0. The van der Waals surface area contributed by atoms with Crippen LogP contribution in [0.15, 0.2) is 12.3 Å². The molecule has 0 aromatic carbocycles. The molecule has 1 aliphatic rings. The van der Waals surface area contributed by atoms with E-state index in [0.717, 1.165) is 12.8 Å². The molecule has 0 spiro atoms. The van der Waals surface area contributed by atoms with Crippen LogP contribution in [0.3, 0.4) is 0 Å². The van der Waals surface area contributed by atoms with Crippen LogP contribution in [0, 0.1) is 0 Å². The van der Waals surface area contributed by atoms with Gasteiger partial charge in [0.1, 0.15) is 24.4 Å². The van der Waals surface area contributed by atoms with Gasteiger partial charge < -0.3 is 40.3 Å². The minimum Gasteiger partial charge on any atom is -0.394 e. The van der Waals surface area contributed by atoms with Crippen LogP contribution in [0.4, 0.5) is 0 Å². The Balaban J connectivity index is 2.06. The normalized spacial score (nSPS) is 28.7. The second-order valence-electron chi connectivity index (χ2n) is 7.76. The van der Waals surface area contributed by atoms with E-state index in [0.29, 0.717) is 0 Å². The first-order valence-corrected chi connectivity index (χ1v) is 11.0. The lowest BCUT2D eigenvalue weighted by Gasteiger charge is -2.39. The van der Waals surface area contributed by atoms with Gasteiger partial charge in [-0.3, -0.25) is 0 Å². The summed E-state index contributed by atoms with van der Waals surface area (Å²) in [6.45, 7) is 1.86. The number of aliphatic hydroxyl groups is 5. The van der Waals surface area contributed by atoms with Gasteiger partial charge in [0.25, 0.3) is 0 Å². The van der Waals surface area contributed by atoms with Crippen LogP contribution in [0.2, 0.25) is 0 Å². The van der Waals surface area contributed by atoms with Crippen molar-refractivity contribution < 1.29 is 35.0 Å². The third kappa shape index (κ3) is 10.7. The van der Waals surface area contributed by atoms with Crippen LogP contribution >= 0.6 is 0 Å². The Labute approximate surface area is 174 Å². The minimum atomic E-state index is -1.49. The summed E-state index contributed by atoms with van der Waals surface area (Å²) in [4.78, 5) is 0. The second kappa shape index (κ2) is 16.0. The maximum absolute atomic E-state index is 9.95.